The van der Waals surface area contributed by atoms with Crippen molar-refractivity contribution in [2.45, 2.75) is 18.4 Å². The Labute approximate surface area is 130 Å². The van der Waals surface area contributed by atoms with Crippen LogP contribution < -0.4 is 5.73 Å². The number of aryl methyl sites for hydroxylation is 1. The van der Waals surface area contributed by atoms with Crippen LogP contribution in [-0.4, -0.2) is 19.8 Å². The molecule has 2 rings (SSSR count). The molecule has 0 heterocycles. The van der Waals surface area contributed by atoms with Crippen LogP contribution in [0.5, 0.6) is 0 Å². The lowest BCUT2D eigenvalue weighted by atomic mass is 10.2. The molecule has 112 valence electrons. The number of halogens is 1. The maximum atomic E-state index is 12.6. The second-order valence-electron chi connectivity index (χ2n) is 4.91. The Morgan fingerprint density at radius 2 is 1.76 bits per heavy atom. The molecule has 0 atom stereocenters. The Hall–Kier alpha value is -1.56. The Bertz CT molecular complexity index is 743. The minimum Gasteiger partial charge on any atom is -0.399 e. The zero-order chi connectivity index (χ0) is 15.6. The third-order valence-corrected chi connectivity index (χ3v) is 5.42. The lowest BCUT2D eigenvalue weighted by molar-refractivity contribution is 0.466. The molecule has 0 aromatic heterocycles. The summed E-state index contributed by atoms with van der Waals surface area (Å²) in [5, 5.41) is 0.621. The summed E-state index contributed by atoms with van der Waals surface area (Å²) >= 11 is 5.83. The molecular formula is C15H17ClN2O2S. The minimum atomic E-state index is -3.58. The van der Waals surface area contributed by atoms with E-state index in [1.165, 1.54) is 10.4 Å². The van der Waals surface area contributed by atoms with Crippen molar-refractivity contribution >= 4 is 27.3 Å². The quantitative estimate of drug-likeness (QED) is 0.879. The van der Waals surface area contributed by atoms with Gasteiger partial charge in [-0.15, -0.1) is 0 Å². The summed E-state index contributed by atoms with van der Waals surface area (Å²) in [6.07, 6.45) is 0. The van der Waals surface area contributed by atoms with E-state index in [9.17, 15) is 8.42 Å². The van der Waals surface area contributed by atoms with Crippen molar-refractivity contribution < 1.29 is 8.42 Å². The van der Waals surface area contributed by atoms with E-state index in [0.717, 1.165) is 5.56 Å². The highest BCUT2D eigenvalue weighted by molar-refractivity contribution is 7.89. The van der Waals surface area contributed by atoms with Gasteiger partial charge in [-0.05, 0) is 42.3 Å². The second kappa shape index (κ2) is 6.05. The van der Waals surface area contributed by atoms with Crippen molar-refractivity contribution in [1.29, 1.82) is 0 Å². The average molecular weight is 325 g/mol. The molecule has 0 aliphatic carbocycles. The smallest absolute Gasteiger partial charge is 0.243 e. The summed E-state index contributed by atoms with van der Waals surface area (Å²) < 4.78 is 26.5. The standard InChI is InChI=1S/C15H17ClN2O2S/c1-11-3-8-14(17)9-15(11)21(19,20)18(2)10-12-4-6-13(16)7-5-12/h3-9H,10,17H2,1-2H3. The molecule has 0 saturated carbocycles. The van der Waals surface area contributed by atoms with Gasteiger partial charge >= 0.3 is 0 Å². The molecule has 21 heavy (non-hydrogen) atoms. The van der Waals surface area contributed by atoms with Gasteiger partial charge in [0.1, 0.15) is 0 Å². The van der Waals surface area contributed by atoms with Crippen molar-refractivity contribution in [2.24, 2.45) is 0 Å². The number of hydrogen-bond donors (Lipinski definition) is 1. The van der Waals surface area contributed by atoms with E-state index in [2.05, 4.69) is 0 Å². The monoisotopic (exact) mass is 324 g/mol. The fraction of sp³-hybridized carbons (Fsp3) is 0.200. The zero-order valence-corrected chi connectivity index (χ0v) is 13.4. The Morgan fingerprint density at radius 1 is 1.14 bits per heavy atom. The van der Waals surface area contributed by atoms with E-state index in [4.69, 9.17) is 17.3 Å². The van der Waals surface area contributed by atoms with E-state index in [0.29, 0.717) is 16.3 Å². The largest absolute Gasteiger partial charge is 0.399 e. The van der Waals surface area contributed by atoms with Crippen LogP contribution >= 0.6 is 11.6 Å². The zero-order valence-electron chi connectivity index (χ0n) is 11.9. The topological polar surface area (TPSA) is 63.4 Å². The Morgan fingerprint density at radius 3 is 2.38 bits per heavy atom. The molecule has 4 nitrogen and oxygen atoms in total. The molecule has 0 unspecified atom stereocenters. The molecule has 0 aliphatic rings. The lowest BCUT2D eigenvalue weighted by Crippen LogP contribution is -2.27. The first kappa shape index (κ1) is 15.8. The summed E-state index contributed by atoms with van der Waals surface area (Å²) in [6, 6.07) is 12.0. The molecule has 0 spiro atoms. The summed E-state index contributed by atoms with van der Waals surface area (Å²) in [6.45, 7) is 2.02. The third kappa shape index (κ3) is 3.56. The number of nitrogens with two attached hydrogens (primary N) is 1. The second-order valence-corrected chi connectivity index (χ2v) is 7.36. The average Bonchev–Trinajstić information content (AvgIpc) is 2.43. The van der Waals surface area contributed by atoms with Crippen LogP contribution in [-0.2, 0) is 16.6 Å². The van der Waals surface area contributed by atoms with Gasteiger partial charge in [-0.1, -0.05) is 29.8 Å². The summed E-state index contributed by atoms with van der Waals surface area (Å²) in [7, 11) is -2.03. The molecule has 0 saturated heterocycles. The highest BCUT2D eigenvalue weighted by Crippen LogP contribution is 2.23. The van der Waals surface area contributed by atoms with Crippen LogP contribution in [0, 0.1) is 6.92 Å². The van der Waals surface area contributed by atoms with Crippen LogP contribution in [0.15, 0.2) is 47.4 Å². The van der Waals surface area contributed by atoms with Gasteiger partial charge in [0.15, 0.2) is 0 Å². The number of anilines is 1. The molecule has 0 fully saturated rings. The van der Waals surface area contributed by atoms with Gasteiger partial charge in [0.05, 0.1) is 4.90 Å². The van der Waals surface area contributed by atoms with Gasteiger partial charge in [0, 0.05) is 24.3 Å². The van der Waals surface area contributed by atoms with Crippen molar-refractivity contribution in [3.8, 4) is 0 Å². The maximum Gasteiger partial charge on any atom is 0.243 e. The molecule has 2 N–H and O–H groups in total. The first-order valence-electron chi connectivity index (χ1n) is 6.37. The highest BCUT2D eigenvalue weighted by atomic mass is 35.5. The van der Waals surface area contributed by atoms with Gasteiger partial charge in [-0.2, -0.15) is 4.31 Å². The van der Waals surface area contributed by atoms with Gasteiger partial charge < -0.3 is 5.73 Å². The molecule has 0 amide bonds. The number of hydrogen-bond acceptors (Lipinski definition) is 3. The molecule has 6 heteroatoms. The molecule has 0 aliphatic heterocycles. The summed E-state index contributed by atoms with van der Waals surface area (Å²) in [5.41, 5.74) is 7.67. The van der Waals surface area contributed by atoms with Crippen LogP contribution in [0.1, 0.15) is 11.1 Å². The molecule has 2 aromatic rings. The van der Waals surface area contributed by atoms with E-state index in [1.807, 2.05) is 0 Å². The SMILES string of the molecule is Cc1ccc(N)cc1S(=O)(=O)N(C)Cc1ccc(Cl)cc1. The predicted molar refractivity (Wildman–Crippen MR) is 85.7 cm³/mol. The Balaban J connectivity index is 2.30. The summed E-state index contributed by atoms with van der Waals surface area (Å²) in [4.78, 5) is 0.235. The lowest BCUT2D eigenvalue weighted by Gasteiger charge is -2.19. The van der Waals surface area contributed by atoms with Crippen LogP contribution in [0.4, 0.5) is 5.69 Å². The number of sulfonamides is 1. The fourth-order valence-electron chi connectivity index (χ4n) is 1.99. The minimum absolute atomic E-state index is 0.235. The molecule has 2 aromatic carbocycles. The van der Waals surface area contributed by atoms with E-state index >= 15 is 0 Å². The van der Waals surface area contributed by atoms with Crippen LogP contribution in [0.25, 0.3) is 0 Å². The fourth-order valence-corrected chi connectivity index (χ4v) is 3.54. The predicted octanol–water partition coefficient (Wildman–Crippen LogP) is 3.05. The van der Waals surface area contributed by atoms with Crippen LogP contribution in [0.2, 0.25) is 5.02 Å². The van der Waals surface area contributed by atoms with Crippen molar-refractivity contribution in [2.75, 3.05) is 12.8 Å². The Kier molecular flexibility index (Phi) is 4.56. The van der Waals surface area contributed by atoms with Gasteiger partial charge in [-0.25, -0.2) is 8.42 Å². The van der Waals surface area contributed by atoms with Crippen molar-refractivity contribution in [3.05, 3.63) is 58.6 Å². The van der Waals surface area contributed by atoms with Gasteiger partial charge in [-0.3, -0.25) is 0 Å². The first-order valence-corrected chi connectivity index (χ1v) is 8.19. The van der Waals surface area contributed by atoms with E-state index in [1.54, 1.807) is 50.4 Å². The number of nitrogen functional groups attached to an aromatic ring is 1. The molecule has 0 bridgehead atoms. The first-order chi connectivity index (χ1) is 9.80. The van der Waals surface area contributed by atoms with E-state index in [-0.39, 0.29) is 11.4 Å². The van der Waals surface area contributed by atoms with Gasteiger partial charge in [0.2, 0.25) is 10.0 Å². The van der Waals surface area contributed by atoms with E-state index < -0.39 is 10.0 Å². The third-order valence-electron chi connectivity index (χ3n) is 3.22. The highest BCUT2D eigenvalue weighted by Gasteiger charge is 2.23. The number of nitrogens with zero attached hydrogens (tertiary/aromatic N) is 1. The molecule has 0 radical (unpaired) electrons. The maximum absolute atomic E-state index is 12.6. The van der Waals surface area contributed by atoms with Gasteiger partial charge in [0.25, 0.3) is 0 Å². The molecular weight excluding hydrogens is 308 g/mol. The normalized spacial score (nSPS) is 11.8. The van der Waals surface area contributed by atoms with Crippen molar-refractivity contribution in [1.82, 2.24) is 4.31 Å². The summed E-state index contributed by atoms with van der Waals surface area (Å²) in [5.74, 6) is 0. The number of benzene rings is 2. The number of rotatable bonds is 4. The van der Waals surface area contributed by atoms with Crippen molar-refractivity contribution in [3.63, 3.8) is 0 Å². The van der Waals surface area contributed by atoms with Crippen LogP contribution in [0.3, 0.4) is 0 Å².